The van der Waals surface area contributed by atoms with Crippen molar-refractivity contribution in [2.75, 3.05) is 12.3 Å². The first-order chi connectivity index (χ1) is 16.3. The van der Waals surface area contributed by atoms with Crippen LogP contribution in [0.25, 0.3) is 0 Å². The molecule has 12 N–H and O–H groups in total. The highest BCUT2D eigenvalue weighted by Gasteiger charge is 2.31. The van der Waals surface area contributed by atoms with E-state index in [1.807, 2.05) is 5.32 Å². The molecular weight excluding hydrogens is 490 g/mol. The number of rotatable bonds is 17. The maximum atomic E-state index is 12.8. The van der Waals surface area contributed by atoms with Gasteiger partial charge in [-0.1, -0.05) is 0 Å². The number of carboxylic acids is 3. The SMILES string of the molecule is NC(N)=NCCCC(NC(=O)C(CCC(=O)O)NC(=O)C(N)CS)C(=O)NC(CC(=O)O)C(=O)O. The maximum absolute atomic E-state index is 12.8. The van der Waals surface area contributed by atoms with Crippen LogP contribution in [0.5, 0.6) is 0 Å². The number of nitrogens with zero attached hydrogens (tertiary/aromatic N) is 1. The zero-order valence-electron chi connectivity index (χ0n) is 18.7. The van der Waals surface area contributed by atoms with E-state index in [0.717, 1.165) is 0 Å². The minimum Gasteiger partial charge on any atom is -0.481 e. The molecule has 17 heteroatoms. The third-order valence-electron chi connectivity index (χ3n) is 4.38. The summed E-state index contributed by atoms with van der Waals surface area (Å²) in [6.07, 6.45) is -1.73. The van der Waals surface area contributed by atoms with Crippen LogP contribution in [0.3, 0.4) is 0 Å². The summed E-state index contributed by atoms with van der Waals surface area (Å²) < 4.78 is 0. The number of carbonyl (C=O) groups excluding carboxylic acids is 3. The van der Waals surface area contributed by atoms with Gasteiger partial charge >= 0.3 is 17.9 Å². The predicted molar refractivity (Wildman–Crippen MR) is 124 cm³/mol. The lowest BCUT2D eigenvalue weighted by molar-refractivity contribution is -0.147. The Kier molecular flexibility index (Phi) is 14.4. The molecule has 4 atom stereocenters. The standard InChI is InChI=1S/C18H31N7O9S/c19-8(7-35)14(30)23-10(3-4-12(26)27)16(32)24-9(2-1-5-22-18(20)21)15(31)25-11(17(33)34)6-13(28)29/h8-11,35H,1-7,19H2,(H,23,30)(H,24,32)(H,25,31)(H,26,27)(H,28,29)(H,33,34)(H4,20,21,22). The minimum atomic E-state index is -1.78. The molecule has 0 saturated heterocycles. The number of aliphatic carboxylic acids is 3. The Labute approximate surface area is 205 Å². The smallest absolute Gasteiger partial charge is 0.326 e. The zero-order valence-corrected chi connectivity index (χ0v) is 19.6. The van der Waals surface area contributed by atoms with Crippen molar-refractivity contribution in [3.05, 3.63) is 0 Å². The minimum absolute atomic E-state index is 0.0510. The maximum Gasteiger partial charge on any atom is 0.326 e. The summed E-state index contributed by atoms with van der Waals surface area (Å²) in [6, 6.07) is -5.67. The van der Waals surface area contributed by atoms with Crippen LogP contribution in [0.2, 0.25) is 0 Å². The number of carbonyl (C=O) groups is 6. The van der Waals surface area contributed by atoms with Crippen molar-refractivity contribution in [2.45, 2.75) is 56.3 Å². The number of guanidine groups is 1. The van der Waals surface area contributed by atoms with Gasteiger partial charge < -0.3 is 48.5 Å². The molecule has 0 aliphatic rings. The Morgan fingerprint density at radius 3 is 1.77 bits per heavy atom. The molecule has 16 nitrogen and oxygen atoms in total. The van der Waals surface area contributed by atoms with Crippen molar-refractivity contribution in [1.82, 2.24) is 16.0 Å². The predicted octanol–water partition coefficient (Wildman–Crippen LogP) is -3.82. The monoisotopic (exact) mass is 521 g/mol. The number of aliphatic imine (C=N–C) groups is 1. The highest BCUT2D eigenvalue weighted by molar-refractivity contribution is 7.80. The van der Waals surface area contributed by atoms with Crippen LogP contribution in [0.15, 0.2) is 4.99 Å². The van der Waals surface area contributed by atoms with Gasteiger partial charge in [-0.3, -0.25) is 29.0 Å². The molecule has 0 aromatic heterocycles. The normalized spacial score (nSPS) is 13.9. The third-order valence-corrected chi connectivity index (χ3v) is 4.78. The Morgan fingerprint density at radius 1 is 0.800 bits per heavy atom. The molecule has 0 saturated carbocycles. The van der Waals surface area contributed by atoms with E-state index >= 15 is 0 Å². The third kappa shape index (κ3) is 13.6. The quantitative estimate of drug-likeness (QED) is 0.0381. The Hall–Kier alpha value is -3.60. The zero-order chi connectivity index (χ0) is 27.1. The van der Waals surface area contributed by atoms with Gasteiger partial charge in [0.1, 0.15) is 18.1 Å². The lowest BCUT2D eigenvalue weighted by Gasteiger charge is -2.24. The number of nitrogens with one attached hydrogen (secondary N) is 3. The summed E-state index contributed by atoms with van der Waals surface area (Å²) in [5, 5.41) is 33.6. The molecule has 0 rings (SSSR count). The Morgan fingerprint density at radius 2 is 1.31 bits per heavy atom. The van der Waals surface area contributed by atoms with Crippen molar-refractivity contribution < 1.29 is 44.1 Å². The molecule has 0 heterocycles. The summed E-state index contributed by atoms with van der Waals surface area (Å²) in [5.74, 6) is -7.38. The van der Waals surface area contributed by atoms with Gasteiger partial charge in [0.25, 0.3) is 0 Å². The lowest BCUT2D eigenvalue weighted by atomic mass is 10.1. The van der Waals surface area contributed by atoms with Gasteiger partial charge in [0.05, 0.1) is 12.5 Å². The van der Waals surface area contributed by atoms with Gasteiger partial charge in [-0.05, 0) is 19.3 Å². The average molecular weight is 522 g/mol. The van der Waals surface area contributed by atoms with E-state index in [-0.39, 0.29) is 37.5 Å². The molecule has 35 heavy (non-hydrogen) atoms. The van der Waals surface area contributed by atoms with E-state index in [4.69, 9.17) is 32.5 Å². The average Bonchev–Trinajstić information content (AvgIpc) is 2.76. The second-order valence-electron chi connectivity index (χ2n) is 7.29. The first-order valence-corrected chi connectivity index (χ1v) is 10.9. The van der Waals surface area contributed by atoms with Crippen LogP contribution in [0.4, 0.5) is 0 Å². The van der Waals surface area contributed by atoms with Crippen LogP contribution in [0, 0.1) is 0 Å². The number of thiol groups is 1. The first kappa shape index (κ1) is 31.4. The van der Waals surface area contributed by atoms with Crippen molar-refractivity contribution in [2.24, 2.45) is 22.2 Å². The number of carboxylic acid groups (broad SMARTS) is 3. The van der Waals surface area contributed by atoms with Gasteiger partial charge in [-0.15, -0.1) is 0 Å². The molecule has 198 valence electrons. The molecule has 3 amide bonds. The molecule has 4 unspecified atom stereocenters. The van der Waals surface area contributed by atoms with Crippen molar-refractivity contribution >= 4 is 54.2 Å². The van der Waals surface area contributed by atoms with Gasteiger partial charge in [0.15, 0.2) is 5.96 Å². The summed E-state index contributed by atoms with van der Waals surface area (Å²) in [4.78, 5) is 74.5. The van der Waals surface area contributed by atoms with E-state index in [1.54, 1.807) is 0 Å². The van der Waals surface area contributed by atoms with Gasteiger partial charge in [0, 0.05) is 18.7 Å². The molecule has 0 aliphatic carbocycles. The fourth-order valence-electron chi connectivity index (χ4n) is 2.59. The first-order valence-electron chi connectivity index (χ1n) is 10.3. The van der Waals surface area contributed by atoms with Crippen LogP contribution in [-0.2, 0) is 28.8 Å². The van der Waals surface area contributed by atoms with Gasteiger partial charge in [-0.25, -0.2) is 4.79 Å². The number of hydrogen-bond donors (Lipinski definition) is 10. The second kappa shape index (κ2) is 16.1. The second-order valence-corrected chi connectivity index (χ2v) is 7.66. The van der Waals surface area contributed by atoms with E-state index in [9.17, 15) is 28.8 Å². The number of nitrogens with two attached hydrogens (primary N) is 3. The molecule has 0 radical (unpaired) electrons. The summed E-state index contributed by atoms with van der Waals surface area (Å²) in [5.41, 5.74) is 16.0. The van der Waals surface area contributed by atoms with Gasteiger partial charge in [-0.2, -0.15) is 12.6 Å². The number of hydrogen-bond acceptors (Lipinski definition) is 9. The topological polar surface area (TPSA) is 290 Å². The van der Waals surface area contributed by atoms with Crippen LogP contribution >= 0.6 is 12.6 Å². The Balaban J connectivity index is 5.66. The van der Waals surface area contributed by atoms with Crippen molar-refractivity contribution in [3.8, 4) is 0 Å². The fourth-order valence-corrected chi connectivity index (χ4v) is 2.76. The summed E-state index contributed by atoms with van der Waals surface area (Å²) in [6.45, 7) is 0.0510. The molecule has 0 aromatic carbocycles. The lowest BCUT2D eigenvalue weighted by Crippen LogP contribution is -2.57. The molecule has 0 bridgehead atoms. The van der Waals surface area contributed by atoms with Gasteiger partial charge in [0.2, 0.25) is 17.7 Å². The van der Waals surface area contributed by atoms with Crippen LogP contribution in [0.1, 0.15) is 32.1 Å². The molecule has 0 aromatic rings. The molecule has 0 aliphatic heterocycles. The van der Waals surface area contributed by atoms with Crippen LogP contribution in [-0.4, -0.2) is 93.4 Å². The van der Waals surface area contributed by atoms with E-state index < -0.39 is 72.6 Å². The van der Waals surface area contributed by atoms with Crippen molar-refractivity contribution in [3.63, 3.8) is 0 Å². The fraction of sp³-hybridized carbons (Fsp3) is 0.611. The largest absolute Gasteiger partial charge is 0.481 e. The highest BCUT2D eigenvalue weighted by Crippen LogP contribution is 2.05. The summed E-state index contributed by atoms with van der Waals surface area (Å²) in [7, 11) is 0. The molecule has 0 spiro atoms. The van der Waals surface area contributed by atoms with Crippen LogP contribution < -0.4 is 33.2 Å². The molecular formula is C18H31N7O9S. The van der Waals surface area contributed by atoms with E-state index in [1.165, 1.54) is 0 Å². The molecule has 0 fully saturated rings. The van der Waals surface area contributed by atoms with E-state index in [2.05, 4.69) is 28.3 Å². The highest BCUT2D eigenvalue weighted by atomic mass is 32.1. The van der Waals surface area contributed by atoms with Crippen molar-refractivity contribution in [1.29, 1.82) is 0 Å². The Bertz CT molecular complexity index is 820. The summed E-state index contributed by atoms with van der Waals surface area (Å²) >= 11 is 3.88. The number of amides is 3. The van der Waals surface area contributed by atoms with E-state index in [0.29, 0.717) is 0 Å².